The van der Waals surface area contributed by atoms with E-state index in [1.54, 1.807) is 0 Å². The van der Waals surface area contributed by atoms with Gasteiger partial charge in [-0.05, 0) is 32.8 Å². The van der Waals surface area contributed by atoms with E-state index < -0.39 is 0 Å². The Morgan fingerprint density at radius 1 is 1.50 bits per heavy atom. The van der Waals surface area contributed by atoms with Crippen LogP contribution in [0.25, 0.3) is 0 Å². The molecule has 0 atom stereocenters. The molecule has 1 saturated heterocycles. The summed E-state index contributed by atoms with van der Waals surface area (Å²) in [6.45, 7) is 4.91. The molecular formula is C12H16N2O2. The summed E-state index contributed by atoms with van der Waals surface area (Å²) in [5.74, 6) is -0.0197. The molecule has 0 saturated carbocycles. The Labute approximate surface area is 94.9 Å². The number of carbonyl (C=O) groups is 1. The van der Waals surface area contributed by atoms with Crippen molar-refractivity contribution in [1.29, 1.82) is 0 Å². The molecule has 1 amide bonds. The second kappa shape index (κ2) is 3.77. The molecular weight excluding hydrogens is 204 g/mol. The summed E-state index contributed by atoms with van der Waals surface area (Å²) in [6, 6.07) is 1.46. The topological polar surface area (TPSA) is 53.4 Å². The number of hydrogen-bond donors (Lipinski definition) is 1. The van der Waals surface area contributed by atoms with E-state index in [4.69, 9.17) is 0 Å². The molecule has 1 aromatic rings. The molecule has 1 aliphatic rings. The number of rotatable bonds is 1. The van der Waals surface area contributed by atoms with Crippen LogP contribution in [0.1, 0.15) is 37.0 Å². The molecule has 4 nitrogen and oxygen atoms in total. The molecule has 0 radical (unpaired) electrons. The first-order valence-electron chi connectivity index (χ1n) is 5.47. The Hall–Kier alpha value is -1.58. The highest BCUT2D eigenvalue weighted by Gasteiger charge is 2.35. The van der Waals surface area contributed by atoms with Crippen LogP contribution in [0.2, 0.25) is 0 Å². The van der Waals surface area contributed by atoms with Crippen molar-refractivity contribution in [3.63, 3.8) is 0 Å². The molecule has 1 aliphatic heterocycles. The highest BCUT2D eigenvalue weighted by molar-refractivity contribution is 5.94. The summed E-state index contributed by atoms with van der Waals surface area (Å²) in [6.07, 6.45) is 4.87. The van der Waals surface area contributed by atoms with Gasteiger partial charge in [0.1, 0.15) is 5.75 Å². The predicted octanol–water partition coefficient (Wildman–Crippen LogP) is 1.80. The zero-order valence-electron chi connectivity index (χ0n) is 9.60. The molecule has 0 bridgehead atoms. The predicted molar refractivity (Wildman–Crippen MR) is 60.3 cm³/mol. The fraction of sp³-hybridized carbons (Fsp3) is 0.500. The van der Waals surface area contributed by atoms with E-state index >= 15 is 0 Å². The van der Waals surface area contributed by atoms with Gasteiger partial charge in [-0.15, -0.1) is 0 Å². The number of aromatic nitrogens is 1. The van der Waals surface area contributed by atoms with E-state index in [9.17, 15) is 9.90 Å². The SMILES string of the molecule is CC1(C)CCCN1C(=O)c1cncc(O)c1. The van der Waals surface area contributed by atoms with Crippen molar-refractivity contribution in [1.82, 2.24) is 9.88 Å². The molecule has 4 heteroatoms. The van der Waals surface area contributed by atoms with E-state index in [0.717, 1.165) is 19.4 Å². The monoisotopic (exact) mass is 220 g/mol. The van der Waals surface area contributed by atoms with Crippen LogP contribution >= 0.6 is 0 Å². The molecule has 1 aromatic heterocycles. The van der Waals surface area contributed by atoms with Gasteiger partial charge in [0.05, 0.1) is 11.8 Å². The van der Waals surface area contributed by atoms with Crippen LogP contribution in [0.5, 0.6) is 5.75 Å². The third-order valence-corrected chi connectivity index (χ3v) is 3.12. The zero-order valence-corrected chi connectivity index (χ0v) is 9.60. The van der Waals surface area contributed by atoms with Gasteiger partial charge in [0.15, 0.2) is 0 Å². The van der Waals surface area contributed by atoms with Gasteiger partial charge < -0.3 is 10.0 Å². The summed E-state index contributed by atoms with van der Waals surface area (Å²) < 4.78 is 0. The van der Waals surface area contributed by atoms with E-state index in [-0.39, 0.29) is 17.2 Å². The molecule has 1 N–H and O–H groups in total. The fourth-order valence-corrected chi connectivity index (χ4v) is 2.18. The smallest absolute Gasteiger partial charge is 0.255 e. The quantitative estimate of drug-likeness (QED) is 0.785. The Morgan fingerprint density at radius 3 is 2.81 bits per heavy atom. The minimum Gasteiger partial charge on any atom is -0.506 e. The standard InChI is InChI=1S/C12H16N2O2/c1-12(2)4-3-5-14(12)11(16)9-6-10(15)8-13-7-9/h6-8,15H,3-5H2,1-2H3. The molecule has 0 aromatic carbocycles. The first kappa shape index (κ1) is 10.9. The van der Waals surface area contributed by atoms with Gasteiger partial charge in [0.25, 0.3) is 5.91 Å². The van der Waals surface area contributed by atoms with Gasteiger partial charge in [-0.3, -0.25) is 9.78 Å². The molecule has 0 spiro atoms. The summed E-state index contributed by atoms with van der Waals surface area (Å²) in [5, 5.41) is 9.30. The minimum absolute atomic E-state index is 0.0304. The zero-order chi connectivity index (χ0) is 11.8. The lowest BCUT2D eigenvalue weighted by molar-refractivity contribution is 0.0651. The summed E-state index contributed by atoms with van der Waals surface area (Å²) in [7, 11) is 0. The number of carbonyl (C=O) groups excluding carboxylic acids is 1. The van der Waals surface area contributed by atoms with Crippen molar-refractivity contribution in [2.24, 2.45) is 0 Å². The van der Waals surface area contributed by atoms with Gasteiger partial charge in [0, 0.05) is 18.3 Å². The van der Waals surface area contributed by atoms with Crippen molar-refractivity contribution in [2.75, 3.05) is 6.54 Å². The second-order valence-electron chi connectivity index (χ2n) is 4.80. The average Bonchev–Trinajstić information content (AvgIpc) is 2.57. The Bertz CT molecular complexity index is 415. The molecule has 0 unspecified atom stereocenters. The van der Waals surface area contributed by atoms with Gasteiger partial charge >= 0.3 is 0 Å². The highest BCUT2D eigenvalue weighted by atomic mass is 16.3. The summed E-state index contributed by atoms with van der Waals surface area (Å²) in [5.41, 5.74) is 0.359. The van der Waals surface area contributed by atoms with Crippen LogP contribution in [-0.2, 0) is 0 Å². The van der Waals surface area contributed by atoms with E-state index in [2.05, 4.69) is 18.8 Å². The Balaban J connectivity index is 2.26. The summed E-state index contributed by atoms with van der Waals surface area (Å²) in [4.78, 5) is 17.9. The van der Waals surface area contributed by atoms with Crippen molar-refractivity contribution >= 4 is 5.91 Å². The normalized spacial score (nSPS) is 18.8. The number of nitrogens with zero attached hydrogens (tertiary/aromatic N) is 2. The van der Waals surface area contributed by atoms with Crippen LogP contribution in [0, 0.1) is 0 Å². The largest absolute Gasteiger partial charge is 0.506 e. The second-order valence-corrected chi connectivity index (χ2v) is 4.80. The number of amides is 1. The third-order valence-electron chi connectivity index (χ3n) is 3.12. The third kappa shape index (κ3) is 1.87. The van der Waals surface area contributed by atoms with Crippen LogP contribution < -0.4 is 0 Å². The van der Waals surface area contributed by atoms with Gasteiger partial charge in [-0.1, -0.05) is 0 Å². The Morgan fingerprint density at radius 2 is 2.25 bits per heavy atom. The number of likely N-dealkylation sites (tertiary alicyclic amines) is 1. The highest BCUT2D eigenvalue weighted by Crippen LogP contribution is 2.29. The molecule has 1 fully saturated rings. The van der Waals surface area contributed by atoms with Crippen LogP contribution in [0.4, 0.5) is 0 Å². The van der Waals surface area contributed by atoms with E-state index in [0.29, 0.717) is 5.56 Å². The summed E-state index contributed by atoms with van der Waals surface area (Å²) >= 11 is 0. The minimum atomic E-state index is -0.0947. The van der Waals surface area contributed by atoms with Gasteiger partial charge in [0.2, 0.25) is 0 Å². The Kier molecular flexibility index (Phi) is 2.58. The molecule has 2 heterocycles. The van der Waals surface area contributed by atoms with Crippen molar-refractivity contribution < 1.29 is 9.90 Å². The maximum Gasteiger partial charge on any atom is 0.255 e. The van der Waals surface area contributed by atoms with Crippen molar-refractivity contribution in [3.05, 3.63) is 24.0 Å². The molecule has 2 rings (SSSR count). The van der Waals surface area contributed by atoms with Crippen LogP contribution in [0.3, 0.4) is 0 Å². The first-order chi connectivity index (χ1) is 7.50. The van der Waals surface area contributed by atoms with Crippen LogP contribution in [-0.4, -0.2) is 33.0 Å². The van der Waals surface area contributed by atoms with E-state index in [1.165, 1.54) is 18.5 Å². The molecule has 0 aliphatic carbocycles. The van der Waals surface area contributed by atoms with Gasteiger partial charge in [-0.25, -0.2) is 0 Å². The van der Waals surface area contributed by atoms with Crippen molar-refractivity contribution in [2.45, 2.75) is 32.2 Å². The number of aromatic hydroxyl groups is 1. The van der Waals surface area contributed by atoms with Crippen molar-refractivity contribution in [3.8, 4) is 5.75 Å². The lowest BCUT2D eigenvalue weighted by Gasteiger charge is -2.31. The van der Waals surface area contributed by atoms with Gasteiger partial charge in [-0.2, -0.15) is 0 Å². The number of hydrogen-bond acceptors (Lipinski definition) is 3. The lowest BCUT2D eigenvalue weighted by atomic mass is 10.0. The fourth-order valence-electron chi connectivity index (χ4n) is 2.18. The number of pyridine rings is 1. The van der Waals surface area contributed by atoms with E-state index in [1.807, 2.05) is 4.90 Å². The van der Waals surface area contributed by atoms with Crippen LogP contribution in [0.15, 0.2) is 18.5 Å². The lowest BCUT2D eigenvalue weighted by Crippen LogP contribution is -2.42. The maximum atomic E-state index is 12.2. The maximum absolute atomic E-state index is 12.2. The average molecular weight is 220 g/mol. The first-order valence-corrected chi connectivity index (χ1v) is 5.47. The molecule has 16 heavy (non-hydrogen) atoms. The molecule has 86 valence electrons.